The summed E-state index contributed by atoms with van der Waals surface area (Å²) in [5.41, 5.74) is 2.59. The predicted octanol–water partition coefficient (Wildman–Crippen LogP) is 4.16. The number of thiazole rings is 1. The Kier molecular flexibility index (Phi) is 7.25. The number of benzene rings is 2. The SMILES string of the molecule is O=C(CSc1nc2ccc(N=Cc3ccc(Cc4nnnn4-c4ccccc4)o3)cc2s1)N1CCOCC1. The molecule has 1 fully saturated rings. The van der Waals surface area contributed by atoms with E-state index in [-0.39, 0.29) is 5.91 Å². The maximum Gasteiger partial charge on any atom is 0.233 e. The van der Waals surface area contributed by atoms with Gasteiger partial charge in [-0.3, -0.25) is 9.79 Å². The molecule has 10 nitrogen and oxygen atoms in total. The lowest BCUT2D eigenvalue weighted by molar-refractivity contribution is -0.132. The molecule has 0 spiro atoms. The molecule has 2 aromatic carbocycles. The Bertz CT molecular complexity index is 1570. The molecule has 1 aliphatic rings. The topological polar surface area (TPSA) is 112 Å². The van der Waals surface area contributed by atoms with Crippen LogP contribution in [0.2, 0.25) is 0 Å². The van der Waals surface area contributed by atoms with Gasteiger partial charge in [-0.05, 0) is 52.9 Å². The van der Waals surface area contributed by atoms with Crippen LogP contribution in [0.4, 0.5) is 5.69 Å². The summed E-state index contributed by atoms with van der Waals surface area (Å²) in [6.45, 7) is 2.53. The molecule has 0 N–H and O–H groups in total. The van der Waals surface area contributed by atoms with E-state index in [1.807, 2.05) is 65.6 Å². The number of amides is 1. The van der Waals surface area contributed by atoms with E-state index in [1.54, 1.807) is 22.2 Å². The minimum atomic E-state index is 0.122. The summed E-state index contributed by atoms with van der Waals surface area (Å²) in [6.07, 6.45) is 2.15. The number of aromatic nitrogens is 5. The number of carbonyl (C=O) groups excluding carboxylic acids is 1. The molecule has 0 atom stereocenters. The maximum absolute atomic E-state index is 12.4. The van der Waals surface area contributed by atoms with Gasteiger partial charge >= 0.3 is 0 Å². The molecule has 0 radical (unpaired) electrons. The molecular formula is C26H23N7O3S2. The zero-order valence-electron chi connectivity index (χ0n) is 20.3. The van der Waals surface area contributed by atoms with Crippen LogP contribution in [-0.2, 0) is 16.0 Å². The summed E-state index contributed by atoms with van der Waals surface area (Å²) in [4.78, 5) is 23.5. The third kappa shape index (κ3) is 5.67. The number of hydrogen-bond donors (Lipinski definition) is 0. The summed E-state index contributed by atoms with van der Waals surface area (Å²) in [5, 5.41) is 12.0. The molecule has 6 rings (SSSR count). The lowest BCUT2D eigenvalue weighted by atomic mass is 10.3. The van der Waals surface area contributed by atoms with Crippen molar-refractivity contribution in [3.05, 3.63) is 78.0 Å². The molecule has 0 unspecified atom stereocenters. The van der Waals surface area contributed by atoms with E-state index in [4.69, 9.17) is 9.15 Å². The van der Waals surface area contributed by atoms with Crippen molar-refractivity contribution in [2.45, 2.75) is 10.8 Å². The zero-order chi connectivity index (χ0) is 25.7. The second-order valence-electron chi connectivity index (χ2n) is 8.50. The van der Waals surface area contributed by atoms with Gasteiger partial charge in [0.05, 0.1) is 53.2 Å². The number of rotatable bonds is 8. The van der Waals surface area contributed by atoms with Crippen molar-refractivity contribution in [1.82, 2.24) is 30.1 Å². The minimum Gasteiger partial charge on any atom is -0.460 e. The molecule has 12 heteroatoms. The molecule has 0 aliphatic carbocycles. The highest BCUT2D eigenvalue weighted by Crippen LogP contribution is 2.32. The van der Waals surface area contributed by atoms with E-state index >= 15 is 0 Å². The smallest absolute Gasteiger partial charge is 0.233 e. The van der Waals surface area contributed by atoms with E-state index in [0.717, 1.165) is 31.7 Å². The number of aliphatic imine (C=N–C) groups is 1. The lowest BCUT2D eigenvalue weighted by Crippen LogP contribution is -2.41. The van der Waals surface area contributed by atoms with Crippen LogP contribution in [0.1, 0.15) is 17.3 Å². The Balaban J connectivity index is 1.09. The second-order valence-corrected chi connectivity index (χ2v) is 10.7. The molecule has 1 aliphatic heterocycles. The van der Waals surface area contributed by atoms with Crippen LogP contribution in [-0.4, -0.2) is 74.3 Å². The number of morpholine rings is 1. The number of ether oxygens (including phenoxy) is 1. The van der Waals surface area contributed by atoms with Crippen LogP contribution in [0.15, 0.2) is 74.4 Å². The molecule has 1 amide bonds. The van der Waals surface area contributed by atoms with Gasteiger partial charge in [0.25, 0.3) is 0 Å². The monoisotopic (exact) mass is 545 g/mol. The van der Waals surface area contributed by atoms with E-state index < -0.39 is 0 Å². The van der Waals surface area contributed by atoms with Crippen molar-refractivity contribution in [1.29, 1.82) is 0 Å². The summed E-state index contributed by atoms with van der Waals surface area (Å²) in [7, 11) is 0. The highest BCUT2D eigenvalue weighted by Gasteiger charge is 2.18. The number of hydrogen-bond acceptors (Lipinski definition) is 10. The van der Waals surface area contributed by atoms with Crippen molar-refractivity contribution in [3.63, 3.8) is 0 Å². The van der Waals surface area contributed by atoms with Gasteiger partial charge in [0.15, 0.2) is 10.2 Å². The Hall–Kier alpha value is -3.87. The van der Waals surface area contributed by atoms with Crippen LogP contribution < -0.4 is 0 Å². The van der Waals surface area contributed by atoms with Gasteiger partial charge in [0.1, 0.15) is 11.5 Å². The van der Waals surface area contributed by atoms with Crippen molar-refractivity contribution in [2.24, 2.45) is 4.99 Å². The van der Waals surface area contributed by atoms with Gasteiger partial charge < -0.3 is 14.1 Å². The van der Waals surface area contributed by atoms with Crippen molar-refractivity contribution < 1.29 is 13.9 Å². The number of thioether (sulfide) groups is 1. The normalized spacial score (nSPS) is 14.1. The minimum absolute atomic E-state index is 0.122. The van der Waals surface area contributed by atoms with Gasteiger partial charge in [-0.25, -0.2) is 4.98 Å². The standard InChI is InChI=1S/C26H23N7O3S2/c34-25(32-10-12-35-13-11-32)17-37-26-28-22-9-6-18(14-23(22)38-26)27-16-21-8-7-20(36-21)15-24-29-30-31-33(24)19-4-2-1-3-5-19/h1-9,14,16H,10-13,15,17H2. The average Bonchev–Trinajstić information content (AvgIpc) is 3.71. The molecule has 1 saturated heterocycles. The summed E-state index contributed by atoms with van der Waals surface area (Å²) in [6, 6.07) is 19.4. The molecule has 5 aromatic rings. The first kappa shape index (κ1) is 24.5. The van der Waals surface area contributed by atoms with Gasteiger partial charge in [0.2, 0.25) is 5.91 Å². The Labute approximate surface area is 226 Å². The zero-order valence-corrected chi connectivity index (χ0v) is 21.9. The quantitative estimate of drug-likeness (QED) is 0.211. The second kappa shape index (κ2) is 11.3. The third-order valence-corrected chi connectivity index (χ3v) is 8.07. The molecule has 38 heavy (non-hydrogen) atoms. The van der Waals surface area contributed by atoms with Gasteiger partial charge in [-0.2, -0.15) is 4.68 Å². The van der Waals surface area contributed by atoms with Crippen molar-refractivity contribution in [3.8, 4) is 5.69 Å². The fraction of sp³-hybridized carbons (Fsp3) is 0.231. The van der Waals surface area contributed by atoms with E-state index in [2.05, 4.69) is 25.5 Å². The molecule has 0 saturated carbocycles. The van der Waals surface area contributed by atoms with E-state index in [9.17, 15) is 4.79 Å². The van der Waals surface area contributed by atoms with Gasteiger partial charge in [-0.1, -0.05) is 30.0 Å². The van der Waals surface area contributed by atoms with Crippen LogP contribution in [0.3, 0.4) is 0 Å². The van der Waals surface area contributed by atoms with Crippen LogP contribution in [0, 0.1) is 0 Å². The van der Waals surface area contributed by atoms with Gasteiger partial charge in [0, 0.05) is 13.1 Å². The lowest BCUT2D eigenvalue weighted by Gasteiger charge is -2.26. The molecular weight excluding hydrogens is 522 g/mol. The highest BCUT2D eigenvalue weighted by molar-refractivity contribution is 8.01. The summed E-state index contributed by atoms with van der Waals surface area (Å²) >= 11 is 3.04. The van der Waals surface area contributed by atoms with Crippen molar-refractivity contribution >= 4 is 51.1 Å². The maximum atomic E-state index is 12.4. The predicted molar refractivity (Wildman–Crippen MR) is 146 cm³/mol. The molecule has 0 bridgehead atoms. The first-order valence-corrected chi connectivity index (χ1v) is 13.9. The molecule has 4 heterocycles. The van der Waals surface area contributed by atoms with Crippen LogP contribution in [0.5, 0.6) is 0 Å². The number of furan rings is 1. The fourth-order valence-electron chi connectivity index (χ4n) is 4.00. The average molecular weight is 546 g/mol. The molecule has 3 aromatic heterocycles. The Morgan fingerprint density at radius 2 is 1.97 bits per heavy atom. The van der Waals surface area contributed by atoms with Crippen LogP contribution in [0.25, 0.3) is 15.9 Å². The largest absolute Gasteiger partial charge is 0.460 e. The number of fused-ring (bicyclic) bond motifs is 1. The number of carbonyl (C=O) groups is 1. The van der Waals surface area contributed by atoms with Crippen molar-refractivity contribution in [2.75, 3.05) is 32.1 Å². The Morgan fingerprint density at radius 3 is 2.84 bits per heavy atom. The Morgan fingerprint density at radius 1 is 1.11 bits per heavy atom. The number of nitrogens with zero attached hydrogens (tertiary/aromatic N) is 7. The summed E-state index contributed by atoms with van der Waals surface area (Å²) in [5.74, 6) is 2.57. The summed E-state index contributed by atoms with van der Waals surface area (Å²) < 4.78 is 14.9. The molecule has 192 valence electrons. The van der Waals surface area contributed by atoms with E-state index in [1.165, 1.54) is 11.8 Å². The third-order valence-electron chi connectivity index (χ3n) is 5.93. The van der Waals surface area contributed by atoms with Gasteiger partial charge in [-0.15, -0.1) is 16.4 Å². The first-order valence-electron chi connectivity index (χ1n) is 12.1. The number of para-hydroxylation sites is 1. The van der Waals surface area contributed by atoms with Crippen LogP contribution >= 0.6 is 23.1 Å². The first-order chi connectivity index (χ1) is 18.7. The number of tetrazole rings is 1. The fourth-order valence-corrected chi connectivity index (χ4v) is 6.00. The van der Waals surface area contributed by atoms with E-state index in [0.29, 0.717) is 50.1 Å². The highest BCUT2D eigenvalue weighted by atomic mass is 32.2.